The zero-order valence-electron chi connectivity index (χ0n) is 11.0. The monoisotopic (exact) mass is 343 g/mol. The highest BCUT2D eigenvalue weighted by atomic mass is 35.5. The standard InChI is InChI=1S/C14H12Cl3N3O/c1-7-4-8(2-3-12(7)20-18)14(21)19-13-10(16)5-9(15)6-11(13)17/h2-6,20H,18H2,1H3,(H,19,21). The van der Waals surface area contributed by atoms with Crippen LogP contribution in [0.2, 0.25) is 15.1 Å². The second-order valence-electron chi connectivity index (χ2n) is 4.37. The van der Waals surface area contributed by atoms with Crippen molar-refractivity contribution in [2.24, 2.45) is 5.84 Å². The Morgan fingerprint density at radius 2 is 1.71 bits per heavy atom. The molecule has 0 fully saturated rings. The number of aryl methyl sites for hydroxylation is 1. The van der Waals surface area contributed by atoms with Gasteiger partial charge in [0.25, 0.3) is 5.91 Å². The average molecular weight is 345 g/mol. The van der Waals surface area contributed by atoms with Gasteiger partial charge >= 0.3 is 0 Å². The third kappa shape index (κ3) is 3.60. The number of nitrogens with two attached hydrogens (primary N) is 1. The summed E-state index contributed by atoms with van der Waals surface area (Å²) < 4.78 is 0. The fourth-order valence-electron chi connectivity index (χ4n) is 1.81. The molecule has 0 unspecified atom stereocenters. The van der Waals surface area contributed by atoms with Crippen molar-refractivity contribution in [3.63, 3.8) is 0 Å². The first-order chi connectivity index (χ1) is 9.92. The molecule has 4 N–H and O–H groups in total. The van der Waals surface area contributed by atoms with Gasteiger partial charge in [-0.15, -0.1) is 0 Å². The molecule has 4 nitrogen and oxygen atoms in total. The average Bonchev–Trinajstić information content (AvgIpc) is 2.42. The van der Waals surface area contributed by atoms with E-state index < -0.39 is 0 Å². The Bertz CT molecular complexity index is 681. The lowest BCUT2D eigenvalue weighted by Gasteiger charge is -2.11. The number of halogens is 3. The highest BCUT2D eigenvalue weighted by Crippen LogP contribution is 2.34. The van der Waals surface area contributed by atoms with E-state index in [-0.39, 0.29) is 16.0 Å². The molecule has 0 heterocycles. The van der Waals surface area contributed by atoms with Crippen LogP contribution in [0.1, 0.15) is 15.9 Å². The highest BCUT2D eigenvalue weighted by Gasteiger charge is 2.13. The molecule has 21 heavy (non-hydrogen) atoms. The fourth-order valence-corrected chi connectivity index (χ4v) is 2.73. The number of benzene rings is 2. The predicted octanol–water partition coefficient (Wildman–Crippen LogP) is 4.49. The molecule has 0 aliphatic heterocycles. The number of hydrogen-bond acceptors (Lipinski definition) is 3. The van der Waals surface area contributed by atoms with Crippen molar-refractivity contribution < 1.29 is 4.79 Å². The normalized spacial score (nSPS) is 10.3. The van der Waals surface area contributed by atoms with Crippen LogP contribution in [0.15, 0.2) is 30.3 Å². The summed E-state index contributed by atoms with van der Waals surface area (Å²) in [6.07, 6.45) is 0. The van der Waals surface area contributed by atoms with Gasteiger partial charge in [0.1, 0.15) is 0 Å². The van der Waals surface area contributed by atoms with Crippen molar-refractivity contribution in [2.75, 3.05) is 10.7 Å². The fraction of sp³-hybridized carbons (Fsp3) is 0.0714. The maximum Gasteiger partial charge on any atom is 0.255 e. The number of amides is 1. The topological polar surface area (TPSA) is 67.2 Å². The van der Waals surface area contributed by atoms with E-state index in [2.05, 4.69) is 10.7 Å². The first-order valence-corrected chi connectivity index (χ1v) is 7.09. The van der Waals surface area contributed by atoms with Crippen molar-refractivity contribution in [1.82, 2.24) is 0 Å². The summed E-state index contributed by atoms with van der Waals surface area (Å²) in [5, 5.41) is 3.63. The third-order valence-electron chi connectivity index (χ3n) is 2.89. The van der Waals surface area contributed by atoms with E-state index in [1.54, 1.807) is 18.2 Å². The van der Waals surface area contributed by atoms with E-state index in [0.29, 0.717) is 16.3 Å². The van der Waals surface area contributed by atoms with E-state index >= 15 is 0 Å². The van der Waals surface area contributed by atoms with Crippen molar-refractivity contribution in [2.45, 2.75) is 6.92 Å². The van der Waals surface area contributed by atoms with Gasteiger partial charge in [-0.1, -0.05) is 34.8 Å². The minimum atomic E-state index is -0.326. The molecule has 2 rings (SSSR count). The molecule has 0 radical (unpaired) electrons. The first kappa shape index (κ1) is 15.9. The Balaban J connectivity index is 2.28. The number of nitrogen functional groups attached to an aromatic ring is 1. The van der Waals surface area contributed by atoms with Crippen LogP contribution >= 0.6 is 34.8 Å². The molecule has 0 aromatic heterocycles. The van der Waals surface area contributed by atoms with Crippen molar-refractivity contribution in [3.8, 4) is 0 Å². The molecule has 0 bridgehead atoms. The Kier molecular flexibility index (Phi) is 4.96. The van der Waals surface area contributed by atoms with Gasteiger partial charge in [-0.3, -0.25) is 10.6 Å². The van der Waals surface area contributed by atoms with Gasteiger partial charge in [-0.05, 0) is 42.8 Å². The molecule has 0 aliphatic rings. The minimum Gasteiger partial charge on any atom is -0.324 e. The van der Waals surface area contributed by atoms with Gasteiger partial charge in [0.2, 0.25) is 0 Å². The van der Waals surface area contributed by atoms with Gasteiger partial charge in [-0.2, -0.15) is 0 Å². The van der Waals surface area contributed by atoms with E-state index in [9.17, 15) is 4.79 Å². The predicted molar refractivity (Wildman–Crippen MR) is 88.4 cm³/mol. The first-order valence-electron chi connectivity index (χ1n) is 5.95. The van der Waals surface area contributed by atoms with Gasteiger partial charge < -0.3 is 10.7 Å². The van der Waals surface area contributed by atoms with Gasteiger partial charge in [-0.25, -0.2) is 0 Å². The summed E-state index contributed by atoms with van der Waals surface area (Å²) >= 11 is 17.9. The SMILES string of the molecule is Cc1cc(C(=O)Nc2c(Cl)cc(Cl)cc2Cl)ccc1NN. The summed E-state index contributed by atoms with van der Waals surface area (Å²) in [5.41, 5.74) is 4.93. The highest BCUT2D eigenvalue weighted by molar-refractivity contribution is 6.42. The van der Waals surface area contributed by atoms with Crippen LogP contribution in [-0.4, -0.2) is 5.91 Å². The number of nitrogens with one attached hydrogen (secondary N) is 2. The summed E-state index contributed by atoms with van der Waals surface area (Å²) in [6, 6.07) is 8.10. The van der Waals surface area contributed by atoms with E-state index in [0.717, 1.165) is 11.3 Å². The molecule has 2 aromatic carbocycles. The Morgan fingerprint density at radius 1 is 1.10 bits per heavy atom. The number of hydrogen-bond donors (Lipinski definition) is 3. The molecule has 2 aromatic rings. The lowest BCUT2D eigenvalue weighted by Crippen LogP contribution is -2.14. The lowest BCUT2D eigenvalue weighted by atomic mass is 10.1. The molecule has 0 saturated carbocycles. The van der Waals surface area contributed by atoms with Crippen LogP contribution in [0.5, 0.6) is 0 Å². The van der Waals surface area contributed by atoms with Crippen molar-refractivity contribution >= 4 is 52.1 Å². The number of hydrazine groups is 1. The maximum absolute atomic E-state index is 12.2. The smallest absolute Gasteiger partial charge is 0.255 e. The number of carbonyl (C=O) groups is 1. The van der Waals surface area contributed by atoms with Gasteiger partial charge in [0.05, 0.1) is 21.4 Å². The molecule has 0 atom stereocenters. The summed E-state index contributed by atoms with van der Waals surface area (Å²) in [7, 11) is 0. The summed E-state index contributed by atoms with van der Waals surface area (Å²) in [4.78, 5) is 12.2. The Hall–Kier alpha value is -1.46. The number of anilines is 2. The van der Waals surface area contributed by atoms with E-state index in [4.69, 9.17) is 40.6 Å². The molecular weight excluding hydrogens is 333 g/mol. The van der Waals surface area contributed by atoms with E-state index in [1.165, 1.54) is 12.1 Å². The molecule has 110 valence electrons. The van der Waals surface area contributed by atoms with Gasteiger partial charge in [0.15, 0.2) is 0 Å². The molecular formula is C14H12Cl3N3O. The third-order valence-corrected chi connectivity index (χ3v) is 3.70. The number of rotatable bonds is 3. The van der Waals surface area contributed by atoms with Crippen LogP contribution in [0, 0.1) is 6.92 Å². The van der Waals surface area contributed by atoms with Crippen molar-refractivity contribution in [1.29, 1.82) is 0 Å². The number of carbonyl (C=O) groups excluding carboxylic acids is 1. The van der Waals surface area contributed by atoms with Crippen LogP contribution in [0.3, 0.4) is 0 Å². The Labute approximate surface area is 137 Å². The van der Waals surface area contributed by atoms with Gasteiger partial charge in [0, 0.05) is 10.6 Å². The molecule has 0 aliphatic carbocycles. The minimum absolute atomic E-state index is 0.276. The zero-order valence-corrected chi connectivity index (χ0v) is 13.3. The molecule has 7 heteroatoms. The van der Waals surface area contributed by atoms with Crippen LogP contribution in [-0.2, 0) is 0 Å². The molecule has 0 saturated heterocycles. The summed E-state index contributed by atoms with van der Waals surface area (Å²) in [6.45, 7) is 1.84. The second kappa shape index (κ2) is 6.54. The lowest BCUT2D eigenvalue weighted by molar-refractivity contribution is 0.102. The Morgan fingerprint density at radius 3 is 2.24 bits per heavy atom. The maximum atomic E-state index is 12.2. The van der Waals surface area contributed by atoms with E-state index in [1.807, 2.05) is 6.92 Å². The zero-order chi connectivity index (χ0) is 15.6. The second-order valence-corrected chi connectivity index (χ2v) is 5.62. The van der Waals surface area contributed by atoms with Crippen LogP contribution in [0.25, 0.3) is 0 Å². The molecule has 1 amide bonds. The van der Waals surface area contributed by atoms with Crippen molar-refractivity contribution in [3.05, 3.63) is 56.5 Å². The quantitative estimate of drug-likeness (QED) is 0.567. The largest absolute Gasteiger partial charge is 0.324 e. The summed E-state index contributed by atoms with van der Waals surface area (Å²) in [5.74, 6) is 5.03. The van der Waals surface area contributed by atoms with Crippen LogP contribution < -0.4 is 16.6 Å². The molecule has 0 spiro atoms. The van der Waals surface area contributed by atoms with Crippen LogP contribution in [0.4, 0.5) is 11.4 Å².